The van der Waals surface area contributed by atoms with E-state index < -0.39 is 0 Å². The van der Waals surface area contributed by atoms with Crippen LogP contribution < -0.4 is 5.32 Å². The second-order valence-corrected chi connectivity index (χ2v) is 8.44. The molecule has 0 aliphatic carbocycles. The van der Waals surface area contributed by atoms with Crippen LogP contribution in [0.2, 0.25) is 0 Å². The first-order chi connectivity index (χ1) is 14.6. The normalized spacial score (nSPS) is 20.3. The molecule has 30 heavy (non-hydrogen) atoms. The van der Waals surface area contributed by atoms with Crippen LogP contribution in [0.25, 0.3) is 0 Å². The molecule has 2 aromatic rings. The molecule has 156 valence electrons. The molecule has 1 fully saturated rings. The summed E-state index contributed by atoms with van der Waals surface area (Å²) in [7, 11) is 0. The van der Waals surface area contributed by atoms with Gasteiger partial charge in [-0.15, -0.1) is 0 Å². The molecule has 3 aliphatic rings. The van der Waals surface area contributed by atoms with Crippen molar-refractivity contribution >= 4 is 24.0 Å². The van der Waals surface area contributed by atoms with Gasteiger partial charge in [0.25, 0.3) is 5.91 Å². The van der Waals surface area contributed by atoms with Crippen molar-refractivity contribution in [3.8, 4) is 0 Å². The molecule has 4 heterocycles. The van der Waals surface area contributed by atoms with Crippen LogP contribution in [0.15, 0.2) is 38.7 Å². The van der Waals surface area contributed by atoms with Gasteiger partial charge < -0.3 is 14.6 Å². The number of furan rings is 1. The fourth-order valence-corrected chi connectivity index (χ4v) is 4.52. The number of rotatable bonds is 5. The van der Waals surface area contributed by atoms with Crippen molar-refractivity contribution in [2.45, 2.75) is 26.8 Å². The molecular weight excluding hydrogens is 378 g/mol. The highest BCUT2D eigenvalue weighted by Gasteiger charge is 2.34. The molecule has 1 saturated heterocycles. The van der Waals surface area contributed by atoms with E-state index in [4.69, 9.17) is 4.42 Å². The Hall–Kier alpha value is -2.93. The SMILES string of the molecule is Cc1ccc(CN2CC[C@H](CNC(=O)c3c(C)oc4c3C3=NCCN3C=N4)C2)cc1. The number of nitrogens with one attached hydrogen (secondary N) is 1. The molecule has 0 bridgehead atoms. The zero-order valence-electron chi connectivity index (χ0n) is 17.5. The van der Waals surface area contributed by atoms with E-state index in [9.17, 15) is 4.79 Å². The molecule has 0 saturated carbocycles. The van der Waals surface area contributed by atoms with Gasteiger partial charge >= 0.3 is 0 Å². The van der Waals surface area contributed by atoms with Crippen molar-refractivity contribution in [3.05, 3.63) is 52.3 Å². The molecule has 1 aromatic heterocycles. The van der Waals surface area contributed by atoms with E-state index in [1.165, 1.54) is 11.1 Å². The number of aryl methyl sites for hydroxylation is 2. The van der Waals surface area contributed by atoms with Gasteiger partial charge in [0.2, 0.25) is 5.88 Å². The largest absolute Gasteiger partial charge is 0.442 e. The summed E-state index contributed by atoms with van der Waals surface area (Å²) in [5, 5.41) is 3.14. The summed E-state index contributed by atoms with van der Waals surface area (Å²) >= 11 is 0. The average Bonchev–Trinajstić information content (AvgIpc) is 3.45. The van der Waals surface area contributed by atoms with Crippen molar-refractivity contribution in [2.75, 3.05) is 32.7 Å². The molecule has 3 aliphatic heterocycles. The highest BCUT2D eigenvalue weighted by atomic mass is 16.4. The molecule has 0 spiro atoms. The zero-order valence-corrected chi connectivity index (χ0v) is 17.5. The second-order valence-electron chi connectivity index (χ2n) is 8.44. The number of hydrogen-bond donors (Lipinski definition) is 1. The van der Waals surface area contributed by atoms with Crippen LogP contribution in [0.3, 0.4) is 0 Å². The monoisotopic (exact) mass is 405 g/mol. The lowest BCUT2D eigenvalue weighted by atomic mass is 10.1. The minimum atomic E-state index is -0.0962. The number of aliphatic imine (C=N–C) groups is 2. The zero-order chi connectivity index (χ0) is 20.7. The van der Waals surface area contributed by atoms with Gasteiger partial charge in [-0.1, -0.05) is 29.8 Å². The average molecular weight is 406 g/mol. The molecule has 1 N–H and O–H groups in total. The van der Waals surface area contributed by atoms with Crippen molar-refractivity contribution < 1.29 is 9.21 Å². The summed E-state index contributed by atoms with van der Waals surface area (Å²) in [5.41, 5.74) is 3.93. The van der Waals surface area contributed by atoms with Gasteiger partial charge in [0.1, 0.15) is 17.9 Å². The molecule has 0 radical (unpaired) electrons. The number of likely N-dealkylation sites (tertiary alicyclic amines) is 1. The fourth-order valence-electron chi connectivity index (χ4n) is 4.52. The molecule has 5 rings (SSSR count). The van der Waals surface area contributed by atoms with E-state index in [0.29, 0.717) is 36.2 Å². The van der Waals surface area contributed by atoms with Crippen molar-refractivity contribution in [3.63, 3.8) is 0 Å². The highest BCUT2D eigenvalue weighted by Crippen LogP contribution is 2.34. The molecule has 7 heteroatoms. The number of benzene rings is 1. The van der Waals surface area contributed by atoms with Crippen LogP contribution in [-0.2, 0) is 6.54 Å². The lowest BCUT2D eigenvalue weighted by molar-refractivity contribution is 0.0945. The van der Waals surface area contributed by atoms with Crippen LogP contribution in [0.5, 0.6) is 0 Å². The number of carbonyl (C=O) groups is 1. The summed E-state index contributed by atoms with van der Waals surface area (Å²) in [6.45, 7) is 9.14. The van der Waals surface area contributed by atoms with Crippen molar-refractivity contribution in [1.82, 2.24) is 15.1 Å². The number of amides is 1. The van der Waals surface area contributed by atoms with Gasteiger partial charge in [-0.3, -0.25) is 14.7 Å². The van der Waals surface area contributed by atoms with Gasteiger partial charge in [0.15, 0.2) is 0 Å². The molecule has 1 atom stereocenters. The Balaban J connectivity index is 1.21. The van der Waals surface area contributed by atoms with E-state index in [1.807, 2.05) is 11.8 Å². The first-order valence-electron chi connectivity index (χ1n) is 10.6. The molecule has 7 nitrogen and oxygen atoms in total. The second kappa shape index (κ2) is 7.72. The maximum atomic E-state index is 13.0. The van der Waals surface area contributed by atoms with Gasteiger partial charge in [-0.2, -0.15) is 0 Å². The standard InChI is InChI=1S/C23H27N5O2/c1-15-3-5-17(6-4-15)12-27-9-7-18(13-27)11-25-22(29)19-16(2)30-23-20(19)21-24-8-10-28(21)14-26-23/h3-6,14,18H,7-13H2,1-2H3,(H,25,29)/t18-/m1/s1. The van der Waals surface area contributed by atoms with Gasteiger partial charge in [-0.25, -0.2) is 4.99 Å². The Labute approximate surface area is 176 Å². The van der Waals surface area contributed by atoms with Crippen LogP contribution >= 0.6 is 0 Å². The fraction of sp³-hybridized carbons (Fsp3) is 0.435. The Bertz CT molecular complexity index is 1020. The van der Waals surface area contributed by atoms with Crippen LogP contribution in [-0.4, -0.2) is 60.6 Å². The van der Waals surface area contributed by atoms with Gasteiger partial charge in [0.05, 0.1) is 17.7 Å². The molecule has 0 unspecified atom stereocenters. The quantitative estimate of drug-likeness (QED) is 0.830. The molecule has 1 aromatic carbocycles. The summed E-state index contributed by atoms with van der Waals surface area (Å²) < 4.78 is 5.76. The lowest BCUT2D eigenvalue weighted by Gasteiger charge is -2.19. The first-order valence-corrected chi connectivity index (χ1v) is 10.6. The predicted molar refractivity (Wildman–Crippen MR) is 117 cm³/mol. The Morgan fingerprint density at radius 3 is 2.90 bits per heavy atom. The van der Waals surface area contributed by atoms with Crippen LogP contribution in [0, 0.1) is 19.8 Å². The third-order valence-corrected chi connectivity index (χ3v) is 6.15. The van der Waals surface area contributed by atoms with E-state index in [1.54, 1.807) is 6.34 Å². The summed E-state index contributed by atoms with van der Waals surface area (Å²) in [4.78, 5) is 26.4. The van der Waals surface area contributed by atoms with Crippen molar-refractivity contribution in [1.29, 1.82) is 0 Å². The minimum Gasteiger partial charge on any atom is -0.442 e. The van der Waals surface area contributed by atoms with Crippen LogP contribution in [0.1, 0.15) is 39.2 Å². The highest BCUT2D eigenvalue weighted by molar-refractivity contribution is 6.17. The number of fused-ring (bicyclic) bond motifs is 3. The molecule has 1 amide bonds. The Morgan fingerprint density at radius 1 is 1.23 bits per heavy atom. The van der Waals surface area contributed by atoms with Crippen LogP contribution in [0.4, 0.5) is 5.88 Å². The maximum Gasteiger partial charge on any atom is 0.255 e. The van der Waals surface area contributed by atoms with Crippen molar-refractivity contribution in [2.24, 2.45) is 15.9 Å². The molecular formula is C23H27N5O2. The van der Waals surface area contributed by atoms with E-state index >= 15 is 0 Å². The smallest absolute Gasteiger partial charge is 0.255 e. The predicted octanol–water partition coefficient (Wildman–Crippen LogP) is 2.88. The minimum absolute atomic E-state index is 0.0962. The Morgan fingerprint density at radius 2 is 2.07 bits per heavy atom. The topological polar surface area (TPSA) is 73.4 Å². The summed E-state index contributed by atoms with van der Waals surface area (Å²) in [5.74, 6) is 2.24. The number of amidine groups is 1. The summed E-state index contributed by atoms with van der Waals surface area (Å²) in [6, 6.07) is 8.73. The third kappa shape index (κ3) is 3.54. The Kier molecular flexibility index (Phi) is 4.90. The third-order valence-electron chi connectivity index (χ3n) is 6.15. The summed E-state index contributed by atoms with van der Waals surface area (Å²) in [6.07, 6.45) is 2.83. The van der Waals surface area contributed by atoms with Gasteiger partial charge in [0, 0.05) is 26.2 Å². The lowest BCUT2D eigenvalue weighted by Crippen LogP contribution is -2.34. The van der Waals surface area contributed by atoms with Gasteiger partial charge in [-0.05, 0) is 38.3 Å². The van der Waals surface area contributed by atoms with E-state index in [-0.39, 0.29) is 5.91 Å². The number of nitrogens with zero attached hydrogens (tertiary/aromatic N) is 4. The number of hydrogen-bond acceptors (Lipinski definition) is 6. The first kappa shape index (κ1) is 19.1. The maximum absolute atomic E-state index is 13.0. The van der Waals surface area contributed by atoms with E-state index in [2.05, 4.69) is 51.4 Å². The van der Waals surface area contributed by atoms with E-state index in [0.717, 1.165) is 44.0 Å². The number of carbonyl (C=O) groups excluding carboxylic acids is 1.